The van der Waals surface area contributed by atoms with Crippen molar-refractivity contribution >= 4 is 11.6 Å². The van der Waals surface area contributed by atoms with E-state index in [2.05, 4.69) is 4.98 Å². The average molecular weight is 293 g/mol. The molecule has 2 N–H and O–H groups in total. The molecule has 0 aliphatic rings. The van der Waals surface area contributed by atoms with Crippen LogP contribution in [-0.2, 0) is 0 Å². The smallest absolute Gasteiger partial charge is 0.142 e. The normalized spacial score (nSPS) is 13.6. The highest BCUT2D eigenvalue weighted by atomic mass is 35.5. The zero-order valence-corrected chi connectivity index (χ0v) is 12.2. The van der Waals surface area contributed by atoms with E-state index in [-0.39, 0.29) is 6.10 Å². The molecule has 1 aromatic carbocycles. The molecule has 2 rings (SSSR count). The molecular weight excluding hydrogens is 276 g/mol. The molecule has 4 nitrogen and oxygen atoms in total. The molecule has 0 radical (unpaired) electrons. The molecule has 1 heterocycles. The lowest BCUT2D eigenvalue weighted by atomic mass is 10.1. The Hall–Kier alpha value is -1.78. The van der Waals surface area contributed by atoms with Crippen LogP contribution in [0, 0.1) is 0 Å². The van der Waals surface area contributed by atoms with Gasteiger partial charge in [-0.05, 0) is 37.3 Å². The molecule has 0 aliphatic heterocycles. The number of ether oxygens (including phenoxy) is 2. The summed E-state index contributed by atoms with van der Waals surface area (Å²) in [6.07, 6.45) is 1.42. The first-order chi connectivity index (χ1) is 9.61. The zero-order valence-electron chi connectivity index (χ0n) is 11.4. The number of halogens is 1. The summed E-state index contributed by atoms with van der Waals surface area (Å²) in [6.45, 7) is 1.89. The molecule has 0 saturated heterocycles. The number of nitrogens with two attached hydrogens (primary N) is 1. The van der Waals surface area contributed by atoms with E-state index < -0.39 is 6.04 Å². The minimum absolute atomic E-state index is 0.266. The van der Waals surface area contributed by atoms with Crippen LogP contribution in [0.5, 0.6) is 11.5 Å². The number of hydrogen-bond donors (Lipinski definition) is 1. The molecule has 2 aromatic rings. The van der Waals surface area contributed by atoms with Gasteiger partial charge < -0.3 is 15.2 Å². The minimum Gasteiger partial charge on any atom is -0.495 e. The molecule has 0 fully saturated rings. The van der Waals surface area contributed by atoms with Crippen molar-refractivity contribution in [2.24, 2.45) is 5.73 Å². The Morgan fingerprint density at radius 3 is 2.75 bits per heavy atom. The Labute approximate surface area is 123 Å². The van der Waals surface area contributed by atoms with E-state index in [4.69, 9.17) is 26.8 Å². The van der Waals surface area contributed by atoms with E-state index in [1.54, 1.807) is 31.5 Å². The van der Waals surface area contributed by atoms with Gasteiger partial charge in [-0.25, -0.2) is 0 Å². The summed E-state index contributed by atoms with van der Waals surface area (Å²) in [4.78, 5) is 4.27. The van der Waals surface area contributed by atoms with Crippen LogP contribution in [0.4, 0.5) is 0 Å². The first kappa shape index (κ1) is 14.6. The second-order valence-corrected chi connectivity index (χ2v) is 4.83. The Morgan fingerprint density at radius 2 is 2.05 bits per heavy atom. The number of benzene rings is 1. The standard InChI is InChI=1S/C15H17ClN2O2/c1-10(20-12-6-3-5-11(16)9-12)14(17)15-13(19-2)7-4-8-18-15/h3-10,14H,17H2,1-2H3. The van der Waals surface area contributed by atoms with Gasteiger partial charge in [0.15, 0.2) is 0 Å². The van der Waals surface area contributed by atoms with E-state index in [0.29, 0.717) is 22.2 Å². The van der Waals surface area contributed by atoms with Crippen molar-refractivity contribution in [3.8, 4) is 11.5 Å². The number of nitrogens with zero attached hydrogens (tertiary/aromatic N) is 1. The van der Waals surface area contributed by atoms with Crippen molar-refractivity contribution in [1.29, 1.82) is 0 Å². The van der Waals surface area contributed by atoms with Gasteiger partial charge in [0.05, 0.1) is 13.2 Å². The molecule has 5 heteroatoms. The summed E-state index contributed by atoms with van der Waals surface area (Å²) in [5.41, 5.74) is 6.87. The second-order valence-electron chi connectivity index (χ2n) is 4.40. The summed E-state index contributed by atoms with van der Waals surface area (Å²) in [6, 6.07) is 10.4. The topological polar surface area (TPSA) is 57.4 Å². The van der Waals surface area contributed by atoms with Crippen LogP contribution in [0.25, 0.3) is 0 Å². The van der Waals surface area contributed by atoms with Crippen LogP contribution in [0.3, 0.4) is 0 Å². The predicted octanol–water partition coefficient (Wildman–Crippen LogP) is 3.21. The third kappa shape index (κ3) is 3.40. The molecule has 20 heavy (non-hydrogen) atoms. The summed E-state index contributed by atoms with van der Waals surface area (Å²) in [7, 11) is 1.59. The van der Waals surface area contributed by atoms with Gasteiger partial charge in [0, 0.05) is 11.2 Å². The van der Waals surface area contributed by atoms with E-state index in [0.717, 1.165) is 0 Å². The Balaban J connectivity index is 2.14. The zero-order chi connectivity index (χ0) is 14.5. The summed E-state index contributed by atoms with van der Waals surface area (Å²) in [5.74, 6) is 1.33. The SMILES string of the molecule is COc1cccnc1C(N)C(C)Oc1cccc(Cl)c1. The molecule has 0 spiro atoms. The van der Waals surface area contributed by atoms with Gasteiger partial charge in [-0.1, -0.05) is 17.7 Å². The molecule has 0 saturated carbocycles. The lowest BCUT2D eigenvalue weighted by Crippen LogP contribution is -2.29. The number of rotatable bonds is 5. The lowest BCUT2D eigenvalue weighted by molar-refractivity contribution is 0.186. The third-order valence-corrected chi connectivity index (χ3v) is 3.19. The van der Waals surface area contributed by atoms with E-state index in [9.17, 15) is 0 Å². The molecule has 106 valence electrons. The molecule has 0 bridgehead atoms. The quantitative estimate of drug-likeness (QED) is 0.919. The fraction of sp³-hybridized carbons (Fsp3) is 0.267. The average Bonchev–Trinajstić information content (AvgIpc) is 2.46. The fourth-order valence-electron chi connectivity index (χ4n) is 1.88. The number of aromatic nitrogens is 1. The second kappa shape index (κ2) is 6.59. The largest absolute Gasteiger partial charge is 0.495 e. The fourth-order valence-corrected chi connectivity index (χ4v) is 2.06. The van der Waals surface area contributed by atoms with Crippen molar-refractivity contribution < 1.29 is 9.47 Å². The van der Waals surface area contributed by atoms with Crippen molar-refractivity contribution in [2.45, 2.75) is 19.1 Å². The number of hydrogen-bond acceptors (Lipinski definition) is 4. The van der Waals surface area contributed by atoms with Gasteiger partial charge in [-0.15, -0.1) is 0 Å². The summed E-state index contributed by atoms with van der Waals surface area (Å²) in [5, 5.41) is 0.624. The number of pyridine rings is 1. The van der Waals surface area contributed by atoms with Gasteiger partial charge in [-0.3, -0.25) is 4.98 Å². The maximum Gasteiger partial charge on any atom is 0.142 e. The van der Waals surface area contributed by atoms with Gasteiger partial charge in [0.1, 0.15) is 23.3 Å². The van der Waals surface area contributed by atoms with Crippen LogP contribution < -0.4 is 15.2 Å². The Morgan fingerprint density at radius 1 is 1.25 bits per heavy atom. The minimum atomic E-state index is -0.398. The molecule has 2 unspecified atom stereocenters. The van der Waals surface area contributed by atoms with Gasteiger partial charge in [0.2, 0.25) is 0 Å². The molecule has 0 amide bonds. The van der Waals surface area contributed by atoms with Crippen LogP contribution in [0.15, 0.2) is 42.6 Å². The van der Waals surface area contributed by atoms with Gasteiger partial charge in [0.25, 0.3) is 0 Å². The van der Waals surface area contributed by atoms with Gasteiger partial charge in [-0.2, -0.15) is 0 Å². The van der Waals surface area contributed by atoms with Crippen molar-refractivity contribution in [3.05, 3.63) is 53.3 Å². The highest BCUT2D eigenvalue weighted by molar-refractivity contribution is 6.30. The van der Waals surface area contributed by atoms with Crippen LogP contribution in [0.1, 0.15) is 18.7 Å². The molecular formula is C15H17ClN2O2. The van der Waals surface area contributed by atoms with Crippen LogP contribution in [-0.4, -0.2) is 18.2 Å². The van der Waals surface area contributed by atoms with Crippen molar-refractivity contribution in [1.82, 2.24) is 4.98 Å². The first-order valence-electron chi connectivity index (χ1n) is 6.28. The molecule has 1 aromatic heterocycles. The lowest BCUT2D eigenvalue weighted by Gasteiger charge is -2.22. The predicted molar refractivity (Wildman–Crippen MR) is 79.3 cm³/mol. The Bertz CT molecular complexity index is 577. The van der Waals surface area contributed by atoms with Crippen LogP contribution in [0.2, 0.25) is 5.02 Å². The molecule has 2 atom stereocenters. The Kier molecular flexibility index (Phi) is 4.82. The van der Waals surface area contributed by atoms with Crippen LogP contribution >= 0.6 is 11.6 Å². The first-order valence-corrected chi connectivity index (χ1v) is 6.66. The van der Waals surface area contributed by atoms with E-state index in [1.807, 2.05) is 25.1 Å². The highest BCUT2D eigenvalue weighted by Crippen LogP contribution is 2.26. The third-order valence-electron chi connectivity index (χ3n) is 2.96. The van der Waals surface area contributed by atoms with Gasteiger partial charge >= 0.3 is 0 Å². The van der Waals surface area contributed by atoms with Crippen molar-refractivity contribution in [2.75, 3.05) is 7.11 Å². The van der Waals surface area contributed by atoms with E-state index in [1.165, 1.54) is 0 Å². The maximum absolute atomic E-state index is 6.20. The summed E-state index contributed by atoms with van der Waals surface area (Å²) < 4.78 is 11.1. The maximum atomic E-state index is 6.20. The van der Waals surface area contributed by atoms with Crippen molar-refractivity contribution in [3.63, 3.8) is 0 Å². The number of methoxy groups -OCH3 is 1. The monoisotopic (exact) mass is 292 g/mol. The summed E-state index contributed by atoms with van der Waals surface area (Å²) >= 11 is 5.93. The highest BCUT2D eigenvalue weighted by Gasteiger charge is 2.21. The molecule has 0 aliphatic carbocycles. The van der Waals surface area contributed by atoms with E-state index >= 15 is 0 Å².